The van der Waals surface area contributed by atoms with Crippen LogP contribution >= 0.6 is 11.6 Å². The minimum atomic E-state index is -4.24. The zero-order valence-electron chi connectivity index (χ0n) is 8.63. The molecule has 1 aromatic heterocycles. The molecule has 4 nitrogen and oxygen atoms in total. The number of carbonyl (C=O) groups is 1. The van der Waals surface area contributed by atoms with Crippen molar-refractivity contribution in [3.63, 3.8) is 0 Å². The average molecular weight is 287 g/mol. The number of nitrogens with one attached hydrogen (secondary N) is 1. The van der Waals surface area contributed by atoms with Crippen LogP contribution in [0.15, 0.2) is 12.1 Å². The number of rotatable bonds is 5. The molecule has 1 heterocycles. The van der Waals surface area contributed by atoms with Gasteiger partial charge in [-0.25, -0.2) is 18.6 Å². The predicted octanol–water partition coefficient (Wildman–Crippen LogP) is 2.75. The lowest BCUT2D eigenvalue weighted by atomic mass is 10.2. The largest absolute Gasteiger partial charge is 0.478 e. The Morgan fingerprint density at radius 2 is 2.11 bits per heavy atom. The third-order valence-electron chi connectivity index (χ3n) is 1.87. The van der Waals surface area contributed by atoms with Crippen LogP contribution < -0.4 is 5.32 Å². The van der Waals surface area contributed by atoms with Crippen molar-refractivity contribution < 1.29 is 27.5 Å². The molecule has 0 amide bonds. The Labute approximate surface area is 104 Å². The van der Waals surface area contributed by atoms with Crippen molar-refractivity contribution in [2.75, 3.05) is 11.9 Å². The van der Waals surface area contributed by atoms with Crippen LogP contribution in [0, 0.1) is 0 Å². The van der Waals surface area contributed by atoms with Gasteiger partial charge in [-0.1, -0.05) is 11.6 Å². The molecular weight excluding hydrogens is 280 g/mol. The Bertz CT molecular complexity index is 456. The van der Waals surface area contributed by atoms with E-state index < -0.39 is 24.9 Å². The van der Waals surface area contributed by atoms with E-state index in [9.17, 15) is 22.4 Å². The molecule has 1 rings (SSSR count). The summed E-state index contributed by atoms with van der Waals surface area (Å²) in [5.41, 5.74) is -0.294. The smallest absolute Gasteiger partial charge is 0.335 e. The predicted molar refractivity (Wildman–Crippen MR) is 55.6 cm³/mol. The van der Waals surface area contributed by atoms with Crippen molar-refractivity contribution in [2.24, 2.45) is 0 Å². The van der Waals surface area contributed by atoms with Crippen molar-refractivity contribution in [3.05, 3.63) is 22.8 Å². The van der Waals surface area contributed by atoms with Crippen molar-refractivity contribution in [2.45, 2.75) is 12.3 Å². The van der Waals surface area contributed by atoms with Crippen molar-refractivity contribution >= 4 is 23.4 Å². The molecule has 9 heteroatoms. The summed E-state index contributed by atoms with van der Waals surface area (Å²) in [6.45, 7) is -1.38. The maximum atomic E-state index is 12.6. The highest BCUT2D eigenvalue weighted by atomic mass is 35.5. The molecule has 0 unspecified atom stereocenters. The van der Waals surface area contributed by atoms with Gasteiger partial charge in [0.1, 0.15) is 11.0 Å². The second-order valence-electron chi connectivity index (χ2n) is 3.28. The van der Waals surface area contributed by atoms with Gasteiger partial charge in [0.15, 0.2) is 0 Å². The Balaban J connectivity index is 2.83. The minimum absolute atomic E-state index is 0.252. The van der Waals surface area contributed by atoms with E-state index in [0.29, 0.717) is 0 Å². The summed E-state index contributed by atoms with van der Waals surface area (Å²) >= 11 is 5.46. The summed E-state index contributed by atoms with van der Waals surface area (Å²) in [4.78, 5) is 14.1. The van der Waals surface area contributed by atoms with Crippen molar-refractivity contribution in [1.29, 1.82) is 0 Å². The maximum Gasteiger partial charge on any atom is 0.335 e. The number of aromatic nitrogens is 1. The number of halogens is 5. The molecule has 0 bridgehead atoms. The zero-order valence-corrected chi connectivity index (χ0v) is 9.39. The molecule has 0 saturated heterocycles. The monoisotopic (exact) mass is 286 g/mol. The summed E-state index contributed by atoms with van der Waals surface area (Å²) in [7, 11) is 0. The van der Waals surface area contributed by atoms with Crippen LogP contribution in [0.5, 0.6) is 0 Å². The van der Waals surface area contributed by atoms with Gasteiger partial charge in [0.2, 0.25) is 0 Å². The average Bonchev–Trinajstić information content (AvgIpc) is 2.25. The number of aromatic carboxylic acids is 1. The van der Waals surface area contributed by atoms with Crippen LogP contribution in [0.4, 0.5) is 23.4 Å². The third kappa shape index (κ3) is 3.73. The number of hydrogen-bond donors (Lipinski definition) is 2. The minimum Gasteiger partial charge on any atom is -0.478 e. The molecule has 0 spiro atoms. The molecule has 18 heavy (non-hydrogen) atoms. The van der Waals surface area contributed by atoms with E-state index in [0.717, 1.165) is 12.1 Å². The van der Waals surface area contributed by atoms with Crippen molar-refractivity contribution in [1.82, 2.24) is 4.98 Å². The van der Waals surface area contributed by atoms with Crippen molar-refractivity contribution in [3.8, 4) is 0 Å². The molecule has 1 aromatic rings. The Kier molecular flexibility index (Phi) is 4.33. The molecule has 0 saturated carbocycles. The number of nitrogens with zero attached hydrogens (tertiary/aromatic N) is 1. The van der Waals surface area contributed by atoms with Gasteiger partial charge in [-0.2, -0.15) is 8.78 Å². The maximum absolute atomic E-state index is 12.6. The zero-order chi connectivity index (χ0) is 13.9. The van der Waals surface area contributed by atoms with E-state index in [4.69, 9.17) is 16.7 Å². The third-order valence-corrected chi connectivity index (χ3v) is 2.06. The van der Waals surface area contributed by atoms with E-state index in [1.807, 2.05) is 5.32 Å². The molecule has 100 valence electrons. The van der Waals surface area contributed by atoms with Crippen LogP contribution in [0.3, 0.4) is 0 Å². The summed E-state index contributed by atoms with van der Waals surface area (Å²) in [6, 6.07) is 1.91. The van der Waals surface area contributed by atoms with Crippen LogP contribution in [-0.2, 0) is 0 Å². The lowest BCUT2D eigenvalue weighted by Crippen LogP contribution is -2.35. The van der Waals surface area contributed by atoms with E-state index in [-0.39, 0.29) is 16.5 Å². The Morgan fingerprint density at radius 3 is 2.61 bits per heavy atom. The second kappa shape index (κ2) is 5.38. The fourth-order valence-corrected chi connectivity index (χ4v) is 1.21. The number of alkyl halides is 4. The molecule has 0 atom stereocenters. The molecular formula is C9H7ClF4N2O2. The highest BCUT2D eigenvalue weighted by Crippen LogP contribution is 2.23. The van der Waals surface area contributed by atoms with E-state index in [1.165, 1.54) is 0 Å². The van der Waals surface area contributed by atoms with Gasteiger partial charge in [0.25, 0.3) is 0 Å². The second-order valence-corrected chi connectivity index (χ2v) is 3.67. The Hall–Kier alpha value is -1.57. The van der Waals surface area contributed by atoms with Crippen LogP contribution in [0.2, 0.25) is 5.15 Å². The summed E-state index contributed by atoms with van der Waals surface area (Å²) in [6.07, 6.45) is -3.83. The van der Waals surface area contributed by atoms with Gasteiger partial charge in [-0.15, -0.1) is 0 Å². The lowest BCUT2D eigenvalue weighted by molar-refractivity contribution is -0.117. The number of pyridine rings is 1. The Morgan fingerprint density at radius 1 is 1.50 bits per heavy atom. The molecule has 2 N–H and O–H groups in total. The highest BCUT2D eigenvalue weighted by Gasteiger charge is 2.40. The van der Waals surface area contributed by atoms with Crippen LogP contribution in [-0.4, -0.2) is 35.0 Å². The molecule has 0 fully saturated rings. The number of carboxylic acids is 1. The number of carboxylic acid groups (broad SMARTS) is 1. The number of anilines is 1. The van der Waals surface area contributed by atoms with Crippen LogP contribution in [0.25, 0.3) is 0 Å². The summed E-state index contributed by atoms with van der Waals surface area (Å²) in [5.74, 6) is -5.91. The van der Waals surface area contributed by atoms with E-state index >= 15 is 0 Å². The lowest BCUT2D eigenvalue weighted by Gasteiger charge is -2.16. The molecule has 0 aromatic carbocycles. The fraction of sp³-hybridized carbons (Fsp3) is 0.333. The van der Waals surface area contributed by atoms with Gasteiger partial charge in [-0.3, -0.25) is 0 Å². The van der Waals surface area contributed by atoms with Gasteiger partial charge >= 0.3 is 18.3 Å². The van der Waals surface area contributed by atoms with E-state index in [1.54, 1.807) is 0 Å². The van der Waals surface area contributed by atoms with Gasteiger partial charge in [0, 0.05) is 0 Å². The van der Waals surface area contributed by atoms with E-state index in [2.05, 4.69) is 4.98 Å². The molecule has 0 aliphatic rings. The first-order valence-corrected chi connectivity index (χ1v) is 4.91. The standard InChI is InChI=1S/C9H7ClF4N2O2/c10-5-1-4(7(17)18)2-6(16-5)15-3-9(13,14)8(11)12/h1-2,8H,3H2,(H,15,16)(H,17,18). The topological polar surface area (TPSA) is 62.2 Å². The highest BCUT2D eigenvalue weighted by molar-refractivity contribution is 6.29. The molecule has 0 aliphatic heterocycles. The fourth-order valence-electron chi connectivity index (χ4n) is 0.996. The molecule has 0 aliphatic carbocycles. The summed E-state index contributed by atoms with van der Waals surface area (Å²) < 4.78 is 48.9. The first-order chi connectivity index (χ1) is 8.22. The summed E-state index contributed by atoms with van der Waals surface area (Å²) in [5, 5.41) is 10.3. The first-order valence-electron chi connectivity index (χ1n) is 4.53. The van der Waals surface area contributed by atoms with Crippen LogP contribution in [0.1, 0.15) is 10.4 Å². The first kappa shape index (κ1) is 14.5. The number of hydrogen-bond acceptors (Lipinski definition) is 3. The SMILES string of the molecule is O=C(O)c1cc(Cl)nc(NCC(F)(F)C(F)F)c1. The van der Waals surface area contributed by atoms with Gasteiger partial charge < -0.3 is 10.4 Å². The normalized spacial score (nSPS) is 11.7. The molecule has 0 radical (unpaired) electrons. The van der Waals surface area contributed by atoms with Gasteiger partial charge in [0.05, 0.1) is 12.1 Å². The quantitative estimate of drug-likeness (QED) is 0.645. The van der Waals surface area contributed by atoms with Gasteiger partial charge in [-0.05, 0) is 12.1 Å².